The summed E-state index contributed by atoms with van der Waals surface area (Å²) in [5.41, 5.74) is 6.21. The van der Waals surface area contributed by atoms with E-state index in [2.05, 4.69) is 17.2 Å². The highest BCUT2D eigenvalue weighted by molar-refractivity contribution is 4.90. The molecule has 0 spiro atoms. The molecule has 1 aromatic heterocycles. The number of rotatable bonds is 6. The molecule has 0 unspecified atom stereocenters. The van der Waals surface area contributed by atoms with Crippen LogP contribution in [-0.4, -0.2) is 28.2 Å². The summed E-state index contributed by atoms with van der Waals surface area (Å²) in [6.07, 6.45) is 2.89. The molecule has 5 heteroatoms. The normalized spacial score (nSPS) is 10.6. The summed E-state index contributed by atoms with van der Waals surface area (Å²) in [5.74, 6) is 0. The molecule has 0 saturated carbocycles. The Hall–Kier alpha value is -0.940. The zero-order valence-corrected chi connectivity index (χ0v) is 7.94. The van der Waals surface area contributed by atoms with Gasteiger partial charge >= 0.3 is 0 Å². The summed E-state index contributed by atoms with van der Waals surface area (Å²) in [6, 6.07) is 0. The topological polar surface area (TPSA) is 66.0 Å². The van der Waals surface area contributed by atoms with Gasteiger partial charge in [-0.15, -0.1) is 5.10 Å². The van der Waals surface area contributed by atoms with Gasteiger partial charge < -0.3 is 10.5 Å². The molecule has 1 heterocycles. The van der Waals surface area contributed by atoms with Crippen LogP contribution in [0.3, 0.4) is 0 Å². The maximum Gasteiger partial charge on any atom is 0.0962 e. The molecule has 0 saturated heterocycles. The minimum atomic E-state index is 0.440. The van der Waals surface area contributed by atoms with E-state index in [1.54, 1.807) is 4.68 Å². The van der Waals surface area contributed by atoms with E-state index in [0.29, 0.717) is 13.2 Å². The van der Waals surface area contributed by atoms with Crippen LogP contribution in [0.15, 0.2) is 6.20 Å². The van der Waals surface area contributed by atoms with Crippen LogP contribution in [-0.2, 0) is 17.8 Å². The van der Waals surface area contributed by atoms with Crippen molar-refractivity contribution in [1.29, 1.82) is 0 Å². The predicted octanol–water partition coefficient (Wildman–Crippen LogP) is 0.163. The van der Waals surface area contributed by atoms with Crippen molar-refractivity contribution in [3.8, 4) is 0 Å². The van der Waals surface area contributed by atoms with Crippen molar-refractivity contribution in [2.45, 2.75) is 26.4 Å². The molecule has 0 amide bonds. The zero-order valence-electron chi connectivity index (χ0n) is 7.94. The van der Waals surface area contributed by atoms with E-state index in [9.17, 15) is 0 Å². The highest BCUT2D eigenvalue weighted by Crippen LogP contribution is 1.91. The van der Waals surface area contributed by atoms with Gasteiger partial charge in [0.25, 0.3) is 0 Å². The Bertz CT molecular complexity index is 236. The summed E-state index contributed by atoms with van der Waals surface area (Å²) < 4.78 is 7.06. The highest BCUT2D eigenvalue weighted by atomic mass is 16.5. The van der Waals surface area contributed by atoms with Crippen molar-refractivity contribution in [3.05, 3.63) is 11.9 Å². The maximum atomic E-state index is 5.39. The first-order valence-corrected chi connectivity index (χ1v) is 4.53. The Morgan fingerprint density at radius 1 is 1.54 bits per heavy atom. The van der Waals surface area contributed by atoms with Gasteiger partial charge in [-0.2, -0.15) is 0 Å². The average Bonchev–Trinajstić information content (AvgIpc) is 2.60. The van der Waals surface area contributed by atoms with Crippen molar-refractivity contribution >= 4 is 0 Å². The standard InChI is InChI=1S/C8H16N4O/c1-2-4-13-5-3-12-7-8(6-9)10-11-12/h7H,2-6,9H2,1H3. The van der Waals surface area contributed by atoms with Gasteiger partial charge in [-0.3, -0.25) is 0 Å². The molecule has 1 aromatic rings. The highest BCUT2D eigenvalue weighted by Gasteiger charge is 1.97. The molecule has 2 N–H and O–H groups in total. The fourth-order valence-electron chi connectivity index (χ4n) is 0.946. The third-order valence-electron chi connectivity index (χ3n) is 1.61. The van der Waals surface area contributed by atoms with E-state index in [1.165, 1.54) is 0 Å². The first kappa shape index (κ1) is 10.1. The van der Waals surface area contributed by atoms with Gasteiger partial charge in [0.1, 0.15) is 0 Å². The van der Waals surface area contributed by atoms with Crippen LogP contribution in [0.5, 0.6) is 0 Å². The monoisotopic (exact) mass is 184 g/mol. The summed E-state index contributed by atoms with van der Waals surface area (Å²) in [4.78, 5) is 0. The average molecular weight is 184 g/mol. The second-order valence-corrected chi connectivity index (χ2v) is 2.79. The summed E-state index contributed by atoms with van der Waals surface area (Å²) in [5, 5.41) is 7.76. The van der Waals surface area contributed by atoms with Crippen LogP contribution in [0, 0.1) is 0 Å². The molecule has 0 aromatic carbocycles. The number of hydrogen-bond donors (Lipinski definition) is 1. The SMILES string of the molecule is CCCOCCn1cc(CN)nn1. The molecule has 0 aliphatic rings. The molecule has 0 aliphatic heterocycles. The Balaban J connectivity index is 2.20. The second kappa shape index (κ2) is 5.66. The van der Waals surface area contributed by atoms with E-state index in [1.807, 2.05) is 6.20 Å². The molecule has 0 atom stereocenters. The fraction of sp³-hybridized carbons (Fsp3) is 0.750. The van der Waals surface area contributed by atoms with Crippen LogP contribution < -0.4 is 5.73 Å². The lowest BCUT2D eigenvalue weighted by Gasteiger charge is -2.00. The van der Waals surface area contributed by atoms with E-state index in [0.717, 1.165) is 25.3 Å². The summed E-state index contributed by atoms with van der Waals surface area (Å²) in [6.45, 7) is 4.75. The number of nitrogens with two attached hydrogens (primary N) is 1. The molecule has 0 radical (unpaired) electrons. The minimum Gasteiger partial charge on any atom is -0.380 e. The van der Waals surface area contributed by atoms with Gasteiger partial charge in [0.15, 0.2) is 0 Å². The number of aromatic nitrogens is 3. The van der Waals surface area contributed by atoms with E-state index < -0.39 is 0 Å². The largest absolute Gasteiger partial charge is 0.380 e. The molecular formula is C8H16N4O. The predicted molar refractivity (Wildman–Crippen MR) is 49.0 cm³/mol. The third kappa shape index (κ3) is 3.52. The van der Waals surface area contributed by atoms with Crippen LogP contribution in [0.1, 0.15) is 19.0 Å². The minimum absolute atomic E-state index is 0.440. The van der Waals surface area contributed by atoms with Crippen LogP contribution in [0.4, 0.5) is 0 Å². The Morgan fingerprint density at radius 2 is 2.38 bits per heavy atom. The van der Waals surface area contributed by atoms with Gasteiger partial charge in [-0.05, 0) is 6.42 Å². The van der Waals surface area contributed by atoms with Gasteiger partial charge in [0.2, 0.25) is 0 Å². The molecular weight excluding hydrogens is 168 g/mol. The molecule has 1 rings (SSSR count). The molecule has 74 valence electrons. The van der Waals surface area contributed by atoms with E-state index >= 15 is 0 Å². The van der Waals surface area contributed by atoms with Crippen molar-refractivity contribution < 1.29 is 4.74 Å². The van der Waals surface area contributed by atoms with Crippen LogP contribution >= 0.6 is 0 Å². The van der Waals surface area contributed by atoms with Gasteiger partial charge in [0, 0.05) is 19.3 Å². The van der Waals surface area contributed by atoms with Crippen molar-refractivity contribution in [3.63, 3.8) is 0 Å². The lowest BCUT2D eigenvalue weighted by Crippen LogP contribution is -2.07. The van der Waals surface area contributed by atoms with Crippen molar-refractivity contribution in [2.24, 2.45) is 5.73 Å². The Kier molecular flexibility index (Phi) is 4.42. The van der Waals surface area contributed by atoms with Gasteiger partial charge in [0.05, 0.1) is 18.8 Å². The lowest BCUT2D eigenvalue weighted by molar-refractivity contribution is 0.124. The Labute approximate surface area is 77.9 Å². The van der Waals surface area contributed by atoms with Gasteiger partial charge in [-0.1, -0.05) is 12.1 Å². The third-order valence-corrected chi connectivity index (χ3v) is 1.61. The van der Waals surface area contributed by atoms with E-state index in [4.69, 9.17) is 10.5 Å². The van der Waals surface area contributed by atoms with Crippen LogP contribution in [0.25, 0.3) is 0 Å². The Morgan fingerprint density at radius 3 is 3.00 bits per heavy atom. The molecule has 5 nitrogen and oxygen atoms in total. The van der Waals surface area contributed by atoms with Crippen molar-refractivity contribution in [1.82, 2.24) is 15.0 Å². The van der Waals surface area contributed by atoms with Gasteiger partial charge in [-0.25, -0.2) is 4.68 Å². The first-order valence-electron chi connectivity index (χ1n) is 4.53. The summed E-state index contributed by atoms with van der Waals surface area (Å²) >= 11 is 0. The molecule has 13 heavy (non-hydrogen) atoms. The number of hydrogen-bond acceptors (Lipinski definition) is 4. The molecule has 0 bridgehead atoms. The van der Waals surface area contributed by atoms with E-state index in [-0.39, 0.29) is 0 Å². The zero-order chi connectivity index (χ0) is 9.52. The summed E-state index contributed by atoms with van der Waals surface area (Å²) in [7, 11) is 0. The first-order chi connectivity index (χ1) is 6.36. The molecule has 0 fully saturated rings. The lowest BCUT2D eigenvalue weighted by atomic mass is 10.5. The fourth-order valence-corrected chi connectivity index (χ4v) is 0.946. The quantitative estimate of drug-likeness (QED) is 0.640. The van der Waals surface area contributed by atoms with Crippen LogP contribution in [0.2, 0.25) is 0 Å². The molecule has 0 aliphatic carbocycles. The number of nitrogens with zero attached hydrogens (tertiary/aromatic N) is 3. The second-order valence-electron chi connectivity index (χ2n) is 2.79. The van der Waals surface area contributed by atoms with Crippen molar-refractivity contribution in [2.75, 3.05) is 13.2 Å². The maximum absolute atomic E-state index is 5.39. The smallest absolute Gasteiger partial charge is 0.0962 e. The number of ether oxygens (including phenoxy) is 1.